The molecule has 0 aromatic heterocycles. The number of ketones is 2. The van der Waals surface area contributed by atoms with Crippen molar-refractivity contribution in [2.24, 2.45) is 4.99 Å². The van der Waals surface area contributed by atoms with Crippen LogP contribution < -0.4 is 5.48 Å². The second-order valence-electron chi connectivity index (χ2n) is 4.73. The fraction of sp³-hybridized carbons (Fsp3) is 0. The highest BCUT2D eigenvalue weighted by Gasteiger charge is 2.34. The van der Waals surface area contributed by atoms with Gasteiger partial charge in [-0.3, -0.25) is 24.9 Å². The van der Waals surface area contributed by atoms with Crippen LogP contribution in [0.5, 0.6) is 0 Å². The first-order chi connectivity index (χ1) is 11.8. The maximum absolute atomic E-state index is 11.6. The molecule has 1 aliphatic carbocycles. The van der Waals surface area contributed by atoms with E-state index in [-0.39, 0.29) is 33.1 Å². The summed E-state index contributed by atoms with van der Waals surface area (Å²) >= 11 is 11.8. The Bertz CT molecular complexity index is 911. The van der Waals surface area contributed by atoms with Crippen LogP contribution in [0, 0.1) is 10.1 Å². The van der Waals surface area contributed by atoms with Crippen LogP contribution >= 0.6 is 23.2 Å². The molecule has 2 aliphatic heterocycles. The zero-order valence-electron chi connectivity index (χ0n) is 11.9. The number of hydrogen-bond acceptors (Lipinski definition) is 9. The average Bonchev–Trinajstić information content (AvgIpc) is 3.04. The van der Waals surface area contributed by atoms with Gasteiger partial charge in [-0.1, -0.05) is 23.2 Å². The van der Waals surface area contributed by atoms with E-state index in [1.165, 1.54) is 12.3 Å². The molecule has 0 fully saturated rings. The van der Waals surface area contributed by atoms with Gasteiger partial charge in [0.1, 0.15) is 0 Å². The molecule has 0 saturated heterocycles. The van der Waals surface area contributed by atoms with Crippen molar-refractivity contribution in [2.75, 3.05) is 0 Å². The molecule has 0 atom stereocenters. The fourth-order valence-electron chi connectivity index (χ4n) is 2.00. The Hall–Kier alpha value is -2.95. The highest BCUT2D eigenvalue weighted by Crippen LogP contribution is 2.33. The van der Waals surface area contributed by atoms with Crippen LogP contribution in [0.15, 0.2) is 62.3 Å². The lowest BCUT2D eigenvalue weighted by atomic mass is 10.0. The second kappa shape index (κ2) is 6.16. The Morgan fingerprint density at radius 2 is 2.04 bits per heavy atom. The Morgan fingerprint density at radius 1 is 1.32 bits per heavy atom. The van der Waals surface area contributed by atoms with E-state index >= 15 is 0 Å². The minimum atomic E-state index is -1.22. The molecular weight excluding hydrogens is 379 g/mol. The van der Waals surface area contributed by atoms with E-state index in [0.717, 1.165) is 12.2 Å². The van der Waals surface area contributed by atoms with Crippen LogP contribution in [-0.4, -0.2) is 32.6 Å². The number of rotatable bonds is 2. The number of nitrogens with zero attached hydrogens (tertiary/aromatic N) is 3. The standard InChI is InChI=1S/C13H6Cl2N4O6/c14-9-6(1-2-18(22)11(9)15)13-16-12(17-25-13)5-3-7(19(23)24)10(21)8(20)4-5/h1-4,22H,(H,16,17). The van der Waals surface area contributed by atoms with Gasteiger partial charge < -0.3 is 4.84 Å². The molecule has 0 aromatic rings. The number of hydroxylamine groups is 3. The quantitative estimate of drug-likeness (QED) is 0.238. The minimum absolute atomic E-state index is 0.0123. The van der Waals surface area contributed by atoms with Gasteiger partial charge in [0.15, 0.2) is 11.0 Å². The summed E-state index contributed by atoms with van der Waals surface area (Å²) in [4.78, 5) is 42.1. The molecule has 0 amide bonds. The lowest BCUT2D eigenvalue weighted by Gasteiger charge is -2.17. The lowest BCUT2D eigenvalue weighted by Crippen LogP contribution is -2.27. The van der Waals surface area contributed by atoms with Crippen LogP contribution in [-0.2, 0) is 14.4 Å². The van der Waals surface area contributed by atoms with Gasteiger partial charge in [-0.25, -0.2) is 10.5 Å². The number of allylic oxidation sites excluding steroid dienone is 5. The monoisotopic (exact) mass is 384 g/mol. The van der Waals surface area contributed by atoms with Gasteiger partial charge in [-0.2, -0.15) is 4.99 Å². The molecule has 0 unspecified atom stereocenters. The van der Waals surface area contributed by atoms with Crippen molar-refractivity contribution in [2.45, 2.75) is 0 Å². The Balaban J connectivity index is 2.01. The van der Waals surface area contributed by atoms with Gasteiger partial charge >= 0.3 is 11.5 Å². The first-order valence-corrected chi connectivity index (χ1v) is 7.19. The van der Waals surface area contributed by atoms with E-state index in [2.05, 4.69) is 10.5 Å². The van der Waals surface area contributed by atoms with E-state index in [4.69, 9.17) is 28.0 Å². The van der Waals surface area contributed by atoms with Crippen molar-refractivity contribution in [3.8, 4) is 0 Å². The summed E-state index contributed by atoms with van der Waals surface area (Å²) in [7, 11) is 0. The largest absolute Gasteiger partial charge is 0.359 e. The molecule has 0 radical (unpaired) electrons. The molecule has 10 nitrogen and oxygen atoms in total. The van der Waals surface area contributed by atoms with E-state index in [1.54, 1.807) is 0 Å². The summed E-state index contributed by atoms with van der Waals surface area (Å²) in [6.07, 6.45) is 4.36. The predicted octanol–water partition coefficient (Wildman–Crippen LogP) is 1.24. The number of halogens is 2. The van der Waals surface area contributed by atoms with E-state index in [1.807, 2.05) is 0 Å². The van der Waals surface area contributed by atoms with Gasteiger partial charge in [0.25, 0.3) is 5.88 Å². The molecule has 0 aromatic carbocycles. The Kier molecular flexibility index (Phi) is 4.17. The molecule has 2 N–H and O–H groups in total. The summed E-state index contributed by atoms with van der Waals surface area (Å²) in [5.74, 6) is -2.36. The summed E-state index contributed by atoms with van der Waals surface area (Å²) in [5, 5.41) is 20.6. The minimum Gasteiger partial charge on any atom is -0.359 e. The van der Waals surface area contributed by atoms with Gasteiger partial charge in [-0.05, 0) is 6.08 Å². The Morgan fingerprint density at radius 3 is 2.72 bits per heavy atom. The predicted molar refractivity (Wildman–Crippen MR) is 83.4 cm³/mol. The molecule has 0 bridgehead atoms. The summed E-state index contributed by atoms with van der Waals surface area (Å²) in [5.41, 5.74) is 1.71. The van der Waals surface area contributed by atoms with Crippen LogP contribution in [0.3, 0.4) is 0 Å². The zero-order chi connectivity index (χ0) is 18.3. The van der Waals surface area contributed by atoms with Crippen molar-refractivity contribution in [3.05, 3.63) is 67.5 Å². The smallest absolute Gasteiger partial charge is 0.321 e. The second-order valence-corrected chi connectivity index (χ2v) is 5.46. The number of carbonyl (C=O) groups is 2. The number of aliphatic imine (C=N–C) groups is 1. The number of nitrogens with one attached hydrogen (secondary N) is 1. The number of nitro groups is 1. The first kappa shape index (κ1) is 16.9. The Labute approximate surface area is 148 Å². The molecule has 25 heavy (non-hydrogen) atoms. The number of hydrogen-bond donors (Lipinski definition) is 2. The maximum Gasteiger partial charge on any atom is 0.321 e. The molecule has 3 aliphatic rings. The van der Waals surface area contributed by atoms with Crippen molar-refractivity contribution in [1.82, 2.24) is 10.5 Å². The zero-order valence-corrected chi connectivity index (χ0v) is 13.4. The van der Waals surface area contributed by atoms with Crippen LogP contribution in [0.4, 0.5) is 0 Å². The van der Waals surface area contributed by atoms with Crippen LogP contribution in [0.2, 0.25) is 0 Å². The highest BCUT2D eigenvalue weighted by atomic mass is 35.5. The number of carbonyl (C=O) groups excluding carboxylic acids is 2. The van der Waals surface area contributed by atoms with Gasteiger partial charge in [0.2, 0.25) is 5.78 Å². The van der Waals surface area contributed by atoms with Gasteiger partial charge in [0, 0.05) is 23.9 Å². The van der Waals surface area contributed by atoms with E-state index in [0.29, 0.717) is 5.06 Å². The molecule has 3 rings (SSSR count). The first-order valence-electron chi connectivity index (χ1n) is 6.44. The molecule has 12 heteroatoms. The number of Topliss-reactive ketones (excluding diaryl/α,β-unsaturated/α-hetero) is 1. The summed E-state index contributed by atoms with van der Waals surface area (Å²) in [6.45, 7) is 0. The van der Waals surface area contributed by atoms with Crippen molar-refractivity contribution in [1.29, 1.82) is 0 Å². The summed E-state index contributed by atoms with van der Waals surface area (Å²) in [6, 6.07) is 0. The molecule has 0 spiro atoms. The molecular formula is C13H6Cl2N4O6. The van der Waals surface area contributed by atoms with Gasteiger partial charge in [-0.15, -0.1) is 0 Å². The summed E-state index contributed by atoms with van der Waals surface area (Å²) < 4.78 is 0. The third kappa shape index (κ3) is 2.93. The third-order valence-corrected chi connectivity index (χ3v) is 4.04. The molecule has 2 heterocycles. The molecule has 0 saturated carbocycles. The van der Waals surface area contributed by atoms with Crippen LogP contribution in [0.25, 0.3) is 0 Å². The van der Waals surface area contributed by atoms with Crippen molar-refractivity contribution in [3.63, 3.8) is 0 Å². The van der Waals surface area contributed by atoms with E-state index in [9.17, 15) is 24.9 Å². The third-order valence-electron chi connectivity index (χ3n) is 3.19. The van der Waals surface area contributed by atoms with Crippen molar-refractivity contribution < 1.29 is 24.6 Å². The average molecular weight is 385 g/mol. The van der Waals surface area contributed by atoms with Gasteiger partial charge in [0.05, 0.1) is 15.5 Å². The van der Waals surface area contributed by atoms with E-state index < -0.39 is 22.2 Å². The number of amidine groups is 1. The van der Waals surface area contributed by atoms with Crippen molar-refractivity contribution >= 4 is 40.6 Å². The topological polar surface area (TPSA) is 134 Å². The SMILES string of the molecule is O=C1C=C(C2=NC(=C3C=CN(O)C(Cl)=C3Cl)ON2)C=C([N+](=O)[O-])C1=O. The molecule has 128 valence electrons. The fourth-order valence-corrected chi connectivity index (χ4v) is 2.39. The van der Waals surface area contributed by atoms with Crippen LogP contribution in [0.1, 0.15) is 0 Å². The maximum atomic E-state index is 11.6. The normalized spacial score (nSPS) is 23.2. The highest BCUT2D eigenvalue weighted by molar-refractivity contribution is 6.48. The lowest BCUT2D eigenvalue weighted by molar-refractivity contribution is -0.418.